The zero-order chi connectivity index (χ0) is 14.4. The Balaban J connectivity index is 2.11. The Morgan fingerprint density at radius 2 is 1.95 bits per heavy atom. The van der Waals surface area contributed by atoms with E-state index >= 15 is 0 Å². The molecular weight excluding hydrogens is 252 g/mol. The highest BCUT2D eigenvalue weighted by atomic mass is 16.1. The summed E-state index contributed by atoms with van der Waals surface area (Å²) < 4.78 is 0. The smallest absolute Gasteiger partial charge is 0.269 e. The van der Waals surface area contributed by atoms with Crippen LogP contribution >= 0.6 is 0 Å². The summed E-state index contributed by atoms with van der Waals surface area (Å²) in [6.07, 6.45) is 2.48. The van der Waals surface area contributed by atoms with Gasteiger partial charge in [0, 0.05) is 24.6 Å². The minimum absolute atomic E-state index is 0.202. The highest BCUT2D eigenvalue weighted by Gasteiger charge is 2.05. The van der Waals surface area contributed by atoms with E-state index in [2.05, 4.69) is 15.6 Å². The molecule has 0 unspecified atom stereocenters. The summed E-state index contributed by atoms with van der Waals surface area (Å²) >= 11 is 0. The maximum Gasteiger partial charge on any atom is 0.269 e. The third-order valence-electron chi connectivity index (χ3n) is 2.90. The van der Waals surface area contributed by atoms with Gasteiger partial charge in [-0.05, 0) is 42.8 Å². The second-order valence-electron chi connectivity index (χ2n) is 4.37. The lowest BCUT2D eigenvalue weighted by atomic mass is 10.1. The summed E-state index contributed by atoms with van der Waals surface area (Å²) in [6, 6.07) is 11.6. The Kier molecular flexibility index (Phi) is 4.68. The minimum Gasteiger partial charge on any atom is -0.355 e. The van der Waals surface area contributed by atoms with Crippen molar-refractivity contribution < 1.29 is 4.79 Å². The van der Waals surface area contributed by atoms with Crippen LogP contribution in [0.2, 0.25) is 0 Å². The Morgan fingerprint density at radius 1 is 1.20 bits per heavy atom. The molecule has 4 N–H and O–H groups in total. The van der Waals surface area contributed by atoms with Gasteiger partial charge in [-0.3, -0.25) is 9.78 Å². The van der Waals surface area contributed by atoms with Crippen molar-refractivity contribution in [1.82, 2.24) is 10.3 Å². The first-order chi connectivity index (χ1) is 9.72. The fourth-order valence-corrected chi connectivity index (χ4v) is 1.85. The fourth-order valence-electron chi connectivity index (χ4n) is 1.85. The van der Waals surface area contributed by atoms with E-state index in [0.717, 1.165) is 17.8 Å². The van der Waals surface area contributed by atoms with Gasteiger partial charge in [0.15, 0.2) is 0 Å². The molecule has 0 spiro atoms. The molecule has 1 aromatic carbocycles. The Morgan fingerprint density at radius 3 is 2.60 bits per heavy atom. The minimum atomic E-state index is -0.202. The zero-order valence-corrected chi connectivity index (χ0v) is 11.4. The van der Waals surface area contributed by atoms with Gasteiger partial charge >= 0.3 is 0 Å². The number of benzene rings is 1. The Hall–Kier alpha value is -2.40. The van der Waals surface area contributed by atoms with Crippen LogP contribution in [0.4, 0.5) is 11.4 Å². The van der Waals surface area contributed by atoms with E-state index in [1.54, 1.807) is 19.3 Å². The van der Waals surface area contributed by atoms with E-state index in [9.17, 15) is 4.79 Å². The van der Waals surface area contributed by atoms with Crippen LogP contribution in [0.15, 0.2) is 42.6 Å². The summed E-state index contributed by atoms with van der Waals surface area (Å²) in [5, 5.41) is 5.79. The van der Waals surface area contributed by atoms with Crippen LogP contribution < -0.4 is 16.4 Å². The molecule has 0 fully saturated rings. The van der Waals surface area contributed by atoms with E-state index in [0.29, 0.717) is 12.2 Å². The molecule has 1 heterocycles. The van der Waals surface area contributed by atoms with Crippen LogP contribution in [-0.2, 0) is 6.42 Å². The molecule has 0 aliphatic heterocycles. The quantitative estimate of drug-likeness (QED) is 0.772. The number of aromatic nitrogens is 1. The summed E-state index contributed by atoms with van der Waals surface area (Å²) in [5.74, 6) is -0.202. The van der Waals surface area contributed by atoms with E-state index in [4.69, 9.17) is 5.73 Å². The third-order valence-corrected chi connectivity index (χ3v) is 2.90. The van der Waals surface area contributed by atoms with Gasteiger partial charge in [0.05, 0.1) is 0 Å². The number of carbonyl (C=O) groups is 1. The zero-order valence-electron chi connectivity index (χ0n) is 11.4. The molecule has 0 saturated carbocycles. The molecule has 0 bridgehead atoms. The van der Waals surface area contributed by atoms with Crippen LogP contribution in [0.1, 0.15) is 16.1 Å². The molecule has 104 valence electrons. The standard InChI is InChI=1S/C15H18N4O/c1-17-15(20)14-10-13(7-9-18-14)19-12-4-2-11(3-5-12)6-8-16/h2-5,7,9-10H,6,8,16H2,1H3,(H,17,20)(H,18,19). The van der Waals surface area contributed by atoms with Crippen molar-refractivity contribution in [3.05, 3.63) is 53.9 Å². The highest BCUT2D eigenvalue weighted by molar-refractivity contribution is 5.93. The molecule has 0 atom stereocenters. The molecule has 0 aliphatic carbocycles. The SMILES string of the molecule is CNC(=O)c1cc(Nc2ccc(CCN)cc2)ccn1. The fraction of sp³-hybridized carbons (Fsp3) is 0.200. The molecule has 2 aromatic rings. The first kappa shape index (κ1) is 14.0. The number of nitrogens with zero attached hydrogens (tertiary/aromatic N) is 1. The van der Waals surface area contributed by atoms with E-state index in [-0.39, 0.29) is 5.91 Å². The lowest BCUT2D eigenvalue weighted by Gasteiger charge is -2.08. The largest absolute Gasteiger partial charge is 0.355 e. The summed E-state index contributed by atoms with van der Waals surface area (Å²) in [7, 11) is 1.58. The van der Waals surface area contributed by atoms with Crippen LogP contribution in [0.3, 0.4) is 0 Å². The molecule has 1 aromatic heterocycles. The van der Waals surface area contributed by atoms with Gasteiger partial charge in [-0.1, -0.05) is 12.1 Å². The van der Waals surface area contributed by atoms with E-state index in [1.807, 2.05) is 30.3 Å². The van der Waals surface area contributed by atoms with Crippen molar-refractivity contribution in [3.63, 3.8) is 0 Å². The number of hydrogen-bond donors (Lipinski definition) is 3. The topological polar surface area (TPSA) is 80.0 Å². The van der Waals surface area contributed by atoms with Crippen LogP contribution in [0.25, 0.3) is 0 Å². The van der Waals surface area contributed by atoms with Crippen LogP contribution in [0, 0.1) is 0 Å². The van der Waals surface area contributed by atoms with Crippen molar-refractivity contribution >= 4 is 17.3 Å². The Bertz CT molecular complexity index is 581. The maximum atomic E-state index is 11.5. The lowest BCUT2D eigenvalue weighted by Crippen LogP contribution is -2.19. The van der Waals surface area contributed by atoms with Crippen LogP contribution in [0.5, 0.6) is 0 Å². The van der Waals surface area contributed by atoms with Gasteiger partial charge in [0.2, 0.25) is 0 Å². The average Bonchev–Trinajstić information content (AvgIpc) is 2.49. The second-order valence-corrected chi connectivity index (χ2v) is 4.37. The summed E-state index contributed by atoms with van der Waals surface area (Å²) in [4.78, 5) is 15.5. The molecule has 0 saturated heterocycles. The molecule has 5 nitrogen and oxygen atoms in total. The van der Waals surface area contributed by atoms with Crippen molar-refractivity contribution in [2.45, 2.75) is 6.42 Å². The lowest BCUT2D eigenvalue weighted by molar-refractivity contribution is 0.0958. The van der Waals surface area contributed by atoms with Crippen molar-refractivity contribution in [1.29, 1.82) is 0 Å². The van der Waals surface area contributed by atoms with Gasteiger partial charge in [-0.15, -0.1) is 0 Å². The molecule has 1 amide bonds. The Labute approximate surface area is 118 Å². The number of pyridine rings is 1. The molecule has 5 heteroatoms. The molecule has 20 heavy (non-hydrogen) atoms. The normalized spacial score (nSPS) is 10.1. The maximum absolute atomic E-state index is 11.5. The van der Waals surface area contributed by atoms with E-state index in [1.165, 1.54) is 5.56 Å². The third kappa shape index (κ3) is 3.55. The van der Waals surface area contributed by atoms with Gasteiger partial charge in [0.1, 0.15) is 5.69 Å². The van der Waals surface area contributed by atoms with Gasteiger partial charge in [0.25, 0.3) is 5.91 Å². The number of rotatable bonds is 5. The molecule has 0 aliphatic rings. The van der Waals surface area contributed by atoms with Gasteiger partial charge in [-0.25, -0.2) is 0 Å². The van der Waals surface area contributed by atoms with Crippen molar-refractivity contribution in [2.24, 2.45) is 5.73 Å². The molecule has 0 radical (unpaired) electrons. The average molecular weight is 270 g/mol. The van der Waals surface area contributed by atoms with Crippen LogP contribution in [-0.4, -0.2) is 24.5 Å². The number of amides is 1. The highest BCUT2D eigenvalue weighted by Crippen LogP contribution is 2.17. The van der Waals surface area contributed by atoms with Crippen molar-refractivity contribution in [3.8, 4) is 0 Å². The van der Waals surface area contributed by atoms with E-state index < -0.39 is 0 Å². The first-order valence-corrected chi connectivity index (χ1v) is 6.47. The summed E-state index contributed by atoms with van der Waals surface area (Å²) in [5.41, 5.74) is 8.90. The first-order valence-electron chi connectivity index (χ1n) is 6.47. The number of carbonyl (C=O) groups excluding carboxylic acids is 1. The van der Waals surface area contributed by atoms with Gasteiger partial charge in [-0.2, -0.15) is 0 Å². The molecular formula is C15H18N4O. The van der Waals surface area contributed by atoms with Gasteiger partial charge < -0.3 is 16.4 Å². The predicted molar refractivity (Wildman–Crippen MR) is 80.1 cm³/mol. The monoisotopic (exact) mass is 270 g/mol. The number of nitrogens with two attached hydrogens (primary N) is 1. The number of hydrogen-bond acceptors (Lipinski definition) is 4. The second kappa shape index (κ2) is 6.68. The predicted octanol–water partition coefficient (Wildman–Crippen LogP) is 1.69. The van der Waals surface area contributed by atoms with Crippen molar-refractivity contribution in [2.75, 3.05) is 18.9 Å². The summed E-state index contributed by atoms with van der Waals surface area (Å²) in [6.45, 7) is 0.645. The number of nitrogens with one attached hydrogen (secondary N) is 2. The molecule has 2 rings (SSSR count). The number of anilines is 2.